The SMILES string of the molecule is CC(C)Nc1cccc(CNC(=O)N[C@H](C)c2cnn(C)c2)c1. The van der Waals surface area contributed by atoms with Crippen molar-refractivity contribution in [1.82, 2.24) is 20.4 Å². The molecule has 124 valence electrons. The van der Waals surface area contributed by atoms with Crippen LogP contribution in [0.5, 0.6) is 0 Å². The van der Waals surface area contributed by atoms with Crippen molar-refractivity contribution in [2.75, 3.05) is 5.32 Å². The highest BCUT2D eigenvalue weighted by atomic mass is 16.2. The van der Waals surface area contributed by atoms with E-state index in [1.165, 1.54) is 0 Å². The lowest BCUT2D eigenvalue weighted by molar-refractivity contribution is 0.237. The van der Waals surface area contributed by atoms with Crippen molar-refractivity contribution in [3.63, 3.8) is 0 Å². The van der Waals surface area contributed by atoms with Crippen molar-refractivity contribution in [2.45, 2.75) is 39.4 Å². The van der Waals surface area contributed by atoms with E-state index in [0.29, 0.717) is 12.6 Å². The molecule has 0 aliphatic rings. The summed E-state index contributed by atoms with van der Waals surface area (Å²) < 4.78 is 1.72. The van der Waals surface area contributed by atoms with E-state index in [2.05, 4.69) is 34.9 Å². The Balaban J connectivity index is 1.84. The van der Waals surface area contributed by atoms with E-state index in [9.17, 15) is 4.79 Å². The standard InChI is InChI=1S/C17H25N5O/c1-12(2)20-16-7-5-6-14(8-16)9-18-17(23)21-13(3)15-10-19-22(4)11-15/h5-8,10-13,20H,9H2,1-4H3,(H2,18,21,23)/t13-/m1/s1. The van der Waals surface area contributed by atoms with Gasteiger partial charge in [-0.2, -0.15) is 5.10 Å². The summed E-state index contributed by atoms with van der Waals surface area (Å²) in [5.74, 6) is 0. The number of carbonyl (C=O) groups is 1. The third-order valence-corrected chi connectivity index (χ3v) is 3.41. The zero-order valence-corrected chi connectivity index (χ0v) is 14.1. The summed E-state index contributed by atoms with van der Waals surface area (Å²) in [5.41, 5.74) is 3.09. The molecule has 6 heteroatoms. The summed E-state index contributed by atoms with van der Waals surface area (Å²) in [6.07, 6.45) is 3.65. The van der Waals surface area contributed by atoms with Crippen LogP contribution in [0.3, 0.4) is 0 Å². The lowest BCUT2D eigenvalue weighted by Gasteiger charge is -2.14. The molecule has 0 spiro atoms. The molecule has 0 saturated heterocycles. The number of rotatable bonds is 6. The van der Waals surface area contributed by atoms with Gasteiger partial charge in [0.15, 0.2) is 0 Å². The first-order valence-corrected chi connectivity index (χ1v) is 7.82. The first-order valence-electron chi connectivity index (χ1n) is 7.82. The summed E-state index contributed by atoms with van der Waals surface area (Å²) in [4.78, 5) is 12.0. The molecule has 0 aliphatic heterocycles. The van der Waals surface area contributed by atoms with E-state index in [-0.39, 0.29) is 12.1 Å². The molecule has 23 heavy (non-hydrogen) atoms. The zero-order valence-electron chi connectivity index (χ0n) is 14.1. The van der Waals surface area contributed by atoms with Gasteiger partial charge < -0.3 is 16.0 Å². The minimum absolute atomic E-state index is 0.0855. The number of nitrogens with zero attached hydrogens (tertiary/aromatic N) is 2. The van der Waals surface area contributed by atoms with E-state index < -0.39 is 0 Å². The number of hydrogen-bond donors (Lipinski definition) is 3. The van der Waals surface area contributed by atoms with Crippen LogP contribution in [-0.4, -0.2) is 21.9 Å². The summed E-state index contributed by atoms with van der Waals surface area (Å²) in [6, 6.07) is 8.15. The molecule has 0 radical (unpaired) electrons. The summed E-state index contributed by atoms with van der Waals surface area (Å²) >= 11 is 0. The van der Waals surface area contributed by atoms with Gasteiger partial charge in [-0.1, -0.05) is 12.1 Å². The van der Waals surface area contributed by atoms with Crippen LogP contribution >= 0.6 is 0 Å². The fourth-order valence-electron chi connectivity index (χ4n) is 2.28. The van der Waals surface area contributed by atoms with Gasteiger partial charge in [-0.05, 0) is 38.5 Å². The Kier molecular flexibility index (Phi) is 5.62. The number of aromatic nitrogens is 2. The second-order valence-corrected chi connectivity index (χ2v) is 6.00. The maximum absolute atomic E-state index is 12.0. The van der Waals surface area contributed by atoms with Crippen LogP contribution in [0.4, 0.5) is 10.5 Å². The average Bonchev–Trinajstić information content (AvgIpc) is 2.91. The van der Waals surface area contributed by atoms with Crippen LogP contribution in [0.2, 0.25) is 0 Å². The van der Waals surface area contributed by atoms with Crippen molar-refractivity contribution in [1.29, 1.82) is 0 Å². The maximum atomic E-state index is 12.0. The van der Waals surface area contributed by atoms with E-state index in [0.717, 1.165) is 16.8 Å². The van der Waals surface area contributed by atoms with E-state index >= 15 is 0 Å². The van der Waals surface area contributed by atoms with Gasteiger partial charge in [0.25, 0.3) is 0 Å². The van der Waals surface area contributed by atoms with Gasteiger partial charge in [0.05, 0.1) is 12.2 Å². The van der Waals surface area contributed by atoms with Crippen LogP contribution in [0.1, 0.15) is 37.9 Å². The normalized spacial score (nSPS) is 12.0. The first-order chi connectivity index (χ1) is 10.9. The minimum Gasteiger partial charge on any atom is -0.383 e. The van der Waals surface area contributed by atoms with E-state index in [4.69, 9.17) is 0 Å². The maximum Gasteiger partial charge on any atom is 0.315 e. The predicted octanol–water partition coefficient (Wildman–Crippen LogP) is 2.80. The monoisotopic (exact) mass is 315 g/mol. The number of amides is 2. The molecule has 2 amide bonds. The number of carbonyl (C=O) groups excluding carboxylic acids is 1. The van der Waals surface area contributed by atoms with Crippen LogP contribution < -0.4 is 16.0 Å². The van der Waals surface area contributed by atoms with Crippen molar-refractivity contribution < 1.29 is 4.79 Å². The molecule has 6 nitrogen and oxygen atoms in total. The third-order valence-electron chi connectivity index (χ3n) is 3.41. The topological polar surface area (TPSA) is 71.0 Å². The molecule has 0 bridgehead atoms. The van der Waals surface area contributed by atoms with Gasteiger partial charge in [0.1, 0.15) is 0 Å². The summed E-state index contributed by atoms with van der Waals surface area (Å²) in [6.45, 7) is 6.61. The molecule has 3 N–H and O–H groups in total. The Morgan fingerprint density at radius 3 is 2.74 bits per heavy atom. The lowest BCUT2D eigenvalue weighted by Crippen LogP contribution is -2.36. The Labute approximate surface area is 137 Å². The summed E-state index contributed by atoms with van der Waals surface area (Å²) in [7, 11) is 1.86. The fourth-order valence-corrected chi connectivity index (χ4v) is 2.28. The molecule has 0 saturated carbocycles. The highest BCUT2D eigenvalue weighted by molar-refractivity contribution is 5.74. The molecule has 0 aliphatic carbocycles. The second kappa shape index (κ2) is 7.67. The second-order valence-electron chi connectivity index (χ2n) is 6.00. The molecule has 1 atom stereocenters. The largest absolute Gasteiger partial charge is 0.383 e. The molecular formula is C17H25N5O. The molecule has 0 unspecified atom stereocenters. The fraction of sp³-hybridized carbons (Fsp3) is 0.412. The van der Waals surface area contributed by atoms with Crippen LogP contribution in [0.25, 0.3) is 0 Å². The first kappa shape index (κ1) is 16.9. The van der Waals surface area contributed by atoms with Gasteiger partial charge >= 0.3 is 6.03 Å². The highest BCUT2D eigenvalue weighted by Gasteiger charge is 2.10. The average molecular weight is 315 g/mol. The van der Waals surface area contributed by atoms with Gasteiger partial charge in [0, 0.05) is 37.1 Å². The third kappa shape index (κ3) is 5.32. The Morgan fingerprint density at radius 2 is 2.09 bits per heavy atom. The molecule has 1 aromatic heterocycles. The van der Waals surface area contributed by atoms with Crippen LogP contribution in [0, 0.1) is 0 Å². The number of urea groups is 1. The predicted molar refractivity (Wildman–Crippen MR) is 92.2 cm³/mol. The van der Waals surface area contributed by atoms with Gasteiger partial charge in [-0.25, -0.2) is 4.79 Å². The Hall–Kier alpha value is -2.50. The Morgan fingerprint density at radius 1 is 1.30 bits per heavy atom. The summed E-state index contributed by atoms with van der Waals surface area (Å²) in [5, 5.41) is 13.3. The van der Waals surface area contributed by atoms with Crippen LogP contribution in [0.15, 0.2) is 36.7 Å². The molecule has 0 fully saturated rings. The smallest absolute Gasteiger partial charge is 0.315 e. The number of hydrogen-bond acceptors (Lipinski definition) is 3. The minimum atomic E-state index is -0.191. The molecule has 2 rings (SSSR count). The van der Waals surface area contributed by atoms with E-state index in [1.54, 1.807) is 10.9 Å². The van der Waals surface area contributed by atoms with Gasteiger partial charge in [-0.3, -0.25) is 4.68 Å². The molecule has 2 aromatic rings. The van der Waals surface area contributed by atoms with Crippen molar-refractivity contribution in [3.8, 4) is 0 Å². The van der Waals surface area contributed by atoms with Crippen LogP contribution in [-0.2, 0) is 13.6 Å². The zero-order chi connectivity index (χ0) is 16.8. The highest BCUT2D eigenvalue weighted by Crippen LogP contribution is 2.12. The quantitative estimate of drug-likeness (QED) is 0.767. The van der Waals surface area contributed by atoms with Crippen molar-refractivity contribution in [3.05, 3.63) is 47.8 Å². The lowest BCUT2D eigenvalue weighted by atomic mass is 10.2. The number of nitrogens with one attached hydrogen (secondary N) is 3. The number of anilines is 1. The number of benzene rings is 1. The Bertz CT molecular complexity index is 650. The van der Waals surface area contributed by atoms with Gasteiger partial charge in [0.2, 0.25) is 0 Å². The van der Waals surface area contributed by atoms with Crippen molar-refractivity contribution in [2.24, 2.45) is 7.05 Å². The number of aryl methyl sites for hydroxylation is 1. The van der Waals surface area contributed by atoms with E-state index in [1.807, 2.05) is 44.4 Å². The van der Waals surface area contributed by atoms with Gasteiger partial charge in [-0.15, -0.1) is 0 Å². The molecular weight excluding hydrogens is 290 g/mol. The van der Waals surface area contributed by atoms with Crippen molar-refractivity contribution >= 4 is 11.7 Å². The molecule has 1 aromatic carbocycles. The molecule has 1 heterocycles.